The van der Waals surface area contributed by atoms with Crippen LogP contribution in [0.4, 0.5) is 22.0 Å². The molecule has 1 atom stereocenters. The molecule has 1 heterocycles. The molecule has 3 N–H and O–H groups in total. The summed E-state index contributed by atoms with van der Waals surface area (Å²) in [4.78, 5) is 9.60. The Morgan fingerprint density at radius 2 is 1.74 bits per heavy atom. The number of β-amino-alcohol motifs (C(OH)–C–C–N with tert-alkyl or cyclic N) is 1. The van der Waals surface area contributed by atoms with E-state index in [1.807, 2.05) is 13.8 Å². The van der Waals surface area contributed by atoms with Gasteiger partial charge < -0.3 is 15.5 Å². The number of aliphatic hydroxyl groups is 1. The Kier molecular flexibility index (Phi) is 11.4. The number of benzene rings is 1. The molecule has 0 bridgehead atoms. The molecule has 39 heavy (non-hydrogen) atoms. The average molecular weight is 601 g/mol. The predicted molar refractivity (Wildman–Crippen MR) is 137 cm³/mol. The number of likely N-dealkylation sites (N-methyl/N-ethyl adjacent to an activating group) is 1. The summed E-state index contributed by atoms with van der Waals surface area (Å²) in [5, 5.41) is 22.2. The second-order valence-electron chi connectivity index (χ2n) is 9.92. The lowest BCUT2D eigenvalue weighted by molar-refractivity contribution is -0.137. The molecule has 14 heteroatoms. The van der Waals surface area contributed by atoms with Gasteiger partial charge in [0.2, 0.25) is 0 Å². The van der Waals surface area contributed by atoms with Crippen LogP contribution in [-0.4, -0.2) is 60.7 Å². The van der Waals surface area contributed by atoms with Crippen molar-refractivity contribution >= 4 is 27.3 Å². The Bertz CT molecular complexity index is 1210. The van der Waals surface area contributed by atoms with Crippen molar-refractivity contribution in [3.63, 3.8) is 0 Å². The average Bonchev–Trinajstić information content (AvgIpc) is 3.25. The summed E-state index contributed by atoms with van der Waals surface area (Å²) in [6.45, 7) is 3.18. The number of alkyl halides is 3. The van der Waals surface area contributed by atoms with Gasteiger partial charge >= 0.3 is 12.1 Å². The van der Waals surface area contributed by atoms with Crippen LogP contribution in [0.5, 0.6) is 0 Å². The number of carboxylic acids is 1. The smallest absolute Gasteiger partial charge is 0.425 e. The standard InChI is InChI=1S/C25H33F5N2O5S2/c1-24(2,12-6-8-18-19(26)9-5-10-20(18)27)31-14-17(33)15-32(3)39(36,37)22-13-16(7-4-11-21(34)35)23(38-22)25(28,29)30/h5,9-10,13,17,31,33H,4,6-8,11-12,14-15H2,1-3H3,(H,34,35)/t17-/m1/s1. The first kappa shape index (κ1) is 33.1. The van der Waals surface area contributed by atoms with Crippen LogP contribution in [0, 0.1) is 11.6 Å². The highest BCUT2D eigenvalue weighted by Crippen LogP contribution is 2.40. The highest BCUT2D eigenvalue weighted by molar-refractivity contribution is 7.91. The van der Waals surface area contributed by atoms with E-state index in [0.29, 0.717) is 12.8 Å². The topological polar surface area (TPSA) is 107 Å². The molecule has 1 aromatic carbocycles. The number of carbonyl (C=O) groups is 1. The van der Waals surface area contributed by atoms with Gasteiger partial charge in [-0.3, -0.25) is 4.79 Å². The zero-order valence-corrected chi connectivity index (χ0v) is 23.4. The van der Waals surface area contributed by atoms with E-state index in [2.05, 4.69) is 5.32 Å². The van der Waals surface area contributed by atoms with Crippen LogP contribution in [0.1, 0.15) is 55.5 Å². The van der Waals surface area contributed by atoms with Gasteiger partial charge in [-0.05, 0) is 69.7 Å². The van der Waals surface area contributed by atoms with Crippen molar-refractivity contribution in [2.24, 2.45) is 0 Å². The van der Waals surface area contributed by atoms with Crippen molar-refractivity contribution in [3.05, 3.63) is 51.9 Å². The van der Waals surface area contributed by atoms with Gasteiger partial charge in [0.05, 0.1) is 6.10 Å². The molecule has 0 saturated heterocycles. The van der Waals surface area contributed by atoms with Gasteiger partial charge in [0.1, 0.15) is 20.7 Å². The first-order valence-electron chi connectivity index (χ1n) is 12.2. The molecule has 0 fully saturated rings. The minimum absolute atomic E-state index is 0.00698. The van der Waals surface area contributed by atoms with E-state index in [9.17, 15) is 40.3 Å². The molecular weight excluding hydrogens is 567 g/mol. The van der Waals surface area contributed by atoms with E-state index in [1.54, 1.807) is 0 Å². The monoisotopic (exact) mass is 600 g/mol. The molecule has 2 rings (SSSR count). The van der Waals surface area contributed by atoms with Crippen molar-refractivity contribution in [1.82, 2.24) is 9.62 Å². The van der Waals surface area contributed by atoms with E-state index < -0.39 is 61.1 Å². The highest BCUT2D eigenvalue weighted by atomic mass is 32.2. The van der Waals surface area contributed by atoms with Gasteiger partial charge in [0, 0.05) is 37.7 Å². The fourth-order valence-electron chi connectivity index (χ4n) is 3.96. The van der Waals surface area contributed by atoms with Crippen molar-refractivity contribution in [2.45, 2.75) is 74.4 Å². The molecule has 0 aliphatic heterocycles. The van der Waals surface area contributed by atoms with Gasteiger partial charge in [-0.15, -0.1) is 11.3 Å². The molecule has 2 aromatic rings. The van der Waals surface area contributed by atoms with Gasteiger partial charge in [-0.2, -0.15) is 17.5 Å². The molecule has 220 valence electrons. The lowest BCUT2D eigenvalue weighted by Gasteiger charge is -2.29. The van der Waals surface area contributed by atoms with Crippen LogP contribution in [0.3, 0.4) is 0 Å². The van der Waals surface area contributed by atoms with Crippen LogP contribution in [0.25, 0.3) is 0 Å². The van der Waals surface area contributed by atoms with Crippen molar-refractivity contribution in [2.75, 3.05) is 20.1 Å². The van der Waals surface area contributed by atoms with Crippen LogP contribution in [0.2, 0.25) is 0 Å². The molecule has 0 spiro atoms. The van der Waals surface area contributed by atoms with Gasteiger partial charge in [-0.1, -0.05) is 6.07 Å². The van der Waals surface area contributed by atoms with Crippen LogP contribution in [0.15, 0.2) is 28.5 Å². The van der Waals surface area contributed by atoms with Gasteiger partial charge in [0.25, 0.3) is 10.0 Å². The summed E-state index contributed by atoms with van der Waals surface area (Å²) in [5.41, 5.74) is -0.868. The van der Waals surface area contributed by atoms with E-state index in [1.165, 1.54) is 18.2 Å². The predicted octanol–water partition coefficient (Wildman–Crippen LogP) is 4.82. The fraction of sp³-hybridized carbons (Fsp3) is 0.560. The maximum absolute atomic E-state index is 13.8. The van der Waals surface area contributed by atoms with Crippen molar-refractivity contribution < 1.29 is 45.4 Å². The Balaban J connectivity index is 1.97. The van der Waals surface area contributed by atoms with Crippen LogP contribution in [-0.2, 0) is 33.8 Å². The van der Waals surface area contributed by atoms with Crippen LogP contribution < -0.4 is 5.32 Å². The minimum atomic E-state index is -4.80. The number of sulfonamides is 1. The number of hydrogen-bond acceptors (Lipinski definition) is 6. The summed E-state index contributed by atoms with van der Waals surface area (Å²) >= 11 is 0.0617. The third kappa shape index (κ3) is 9.78. The molecule has 1 aromatic heterocycles. The number of aliphatic hydroxyl groups excluding tert-OH is 1. The van der Waals surface area contributed by atoms with Crippen molar-refractivity contribution in [3.8, 4) is 0 Å². The van der Waals surface area contributed by atoms with Gasteiger partial charge in [-0.25, -0.2) is 17.2 Å². The molecule has 0 aliphatic carbocycles. The zero-order valence-electron chi connectivity index (χ0n) is 21.8. The number of nitrogens with zero attached hydrogens (tertiary/aromatic N) is 1. The summed E-state index contributed by atoms with van der Waals surface area (Å²) in [7, 11) is -3.22. The second kappa shape index (κ2) is 13.5. The lowest BCUT2D eigenvalue weighted by atomic mass is 9.95. The molecule has 0 amide bonds. The number of aryl methyl sites for hydroxylation is 1. The summed E-state index contributed by atoms with van der Waals surface area (Å²) in [5.74, 6) is -2.42. The molecular formula is C25H33F5N2O5S2. The number of halogens is 5. The number of nitrogens with one attached hydrogen (secondary N) is 1. The van der Waals surface area contributed by atoms with E-state index in [4.69, 9.17) is 5.11 Å². The number of thiophene rings is 1. The Morgan fingerprint density at radius 1 is 1.13 bits per heavy atom. The Morgan fingerprint density at radius 3 is 2.31 bits per heavy atom. The third-order valence-electron chi connectivity index (χ3n) is 6.12. The largest absolute Gasteiger partial charge is 0.481 e. The summed E-state index contributed by atoms with van der Waals surface area (Å²) in [6.07, 6.45) is -5.59. The molecule has 0 radical (unpaired) electrons. The molecule has 7 nitrogen and oxygen atoms in total. The highest BCUT2D eigenvalue weighted by Gasteiger charge is 2.38. The van der Waals surface area contributed by atoms with E-state index >= 15 is 0 Å². The lowest BCUT2D eigenvalue weighted by Crippen LogP contribution is -2.46. The van der Waals surface area contributed by atoms with Crippen LogP contribution >= 0.6 is 11.3 Å². The van der Waals surface area contributed by atoms with Crippen molar-refractivity contribution in [1.29, 1.82) is 0 Å². The maximum atomic E-state index is 13.8. The number of rotatable bonds is 15. The summed E-state index contributed by atoms with van der Waals surface area (Å²) in [6, 6.07) is 4.56. The third-order valence-corrected chi connectivity index (χ3v) is 9.61. The maximum Gasteiger partial charge on any atom is 0.425 e. The second-order valence-corrected chi connectivity index (χ2v) is 13.2. The SMILES string of the molecule is CN(C[C@H](O)CNC(C)(C)CCCc1c(F)cccc1F)S(=O)(=O)c1cc(CCCC(=O)O)c(C(F)(F)F)s1. The quantitative estimate of drug-likeness (QED) is 0.253. The normalized spacial score (nSPS) is 13.7. The molecule has 0 unspecified atom stereocenters. The Hall–Kier alpha value is -2.13. The Labute approximate surface area is 228 Å². The zero-order chi connectivity index (χ0) is 29.6. The molecule has 0 aliphatic rings. The minimum Gasteiger partial charge on any atom is -0.481 e. The first-order valence-corrected chi connectivity index (χ1v) is 14.4. The van der Waals surface area contributed by atoms with E-state index in [-0.39, 0.29) is 54.7 Å². The van der Waals surface area contributed by atoms with Gasteiger partial charge in [0.15, 0.2) is 0 Å². The molecule has 0 saturated carbocycles. The number of carboxylic acid groups (broad SMARTS) is 1. The number of hydrogen-bond donors (Lipinski definition) is 3. The van der Waals surface area contributed by atoms with E-state index in [0.717, 1.165) is 17.4 Å². The number of aliphatic carboxylic acids is 1. The first-order chi connectivity index (χ1) is 17.9. The fourth-order valence-corrected chi connectivity index (χ4v) is 6.79. The summed E-state index contributed by atoms with van der Waals surface area (Å²) < 4.78 is 94.2.